The van der Waals surface area contributed by atoms with Gasteiger partial charge in [0, 0.05) is 18.8 Å². The number of urea groups is 1. The predicted molar refractivity (Wildman–Crippen MR) is 130 cm³/mol. The van der Waals surface area contributed by atoms with E-state index in [1.807, 2.05) is 0 Å². The Kier molecular flexibility index (Phi) is 7.39. The maximum absolute atomic E-state index is 13.6. The number of anilines is 4. The molecule has 1 aromatic heterocycles. The highest BCUT2D eigenvalue weighted by molar-refractivity contribution is 7.89. The zero-order valence-electron chi connectivity index (χ0n) is 18.4. The molecule has 35 heavy (non-hydrogen) atoms. The first-order valence-corrected chi connectivity index (χ1v) is 12.1. The van der Waals surface area contributed by atoms with Gasteiger partial charge in [-0.1, -0.05) is 30.0 Å². The van der Waals surface area contributed by atoms with Gasteiger partial charge >= 0.3 is 6.03 Å². The molecule has 0 unspecified atom stereocenters. The highest BCUT2D eigenvalue weighted by Crippen LogP contribution is 2.20. The number of rotatable bonds is 2. The number of aromatic nitrogens is 2. The van der Waals surface area contributed by atoms with Crippen molar-refractivity contribution in [1.82, 2.24) is 20.0 Å². The Hall–Kier alpha value is -4.21. The molecule has 12 heteroatoms. The van der Waals surface area contributed by atoms with Crippen LogP contribution in [0.2, 0.25) is 0 Å². The summed E-state index contributed by atoms with van der Waals surface area (Å²) in [5.74, 6) is 5.91. The lowest BCUT2D eigenvalue weighted by Gasteiger charge is -2.10. The summed E-state index contributed by atoms with van der Waals surface area (Å²) < 4.78 is 41.1. The van der Waals surface area contributed by atoms with Gasteiger partial charge in [0.05, 0.1) is 28.9 Å². The first-order valence-electron chi connectivity index (χ1n) is 10.7. The van der Waals surface area contributed by atoms with Gasteiger partial charge < -0.3 is 21.3 Å². The first-order chi connectivity index (χ1) is 16.9. The van der Waals surface area contributed by atoms with Crippen LogP contribution < -0.4 is 26.0 Å². The number of sulfonamides is 1. The number of hydrogen-bond donors (Lipinski definition) is 5. The van der Waals surface area contributed by atoms with Crippen LogP contribution in [0.3, 0.4) is 0 Å². The molecule has 4 rings (SSSR count). The number of nitrogens with one attached hydrogen (secondary N) is 5. The molecule has 0 saturated heterocycles. The molecule has 4 bridgehead atoms. The molecular formula is C23H22FN7O3S. The van der Waals surface area contributed by atoms with Crippen LogP contribution in [0.25, 0.3) is 0 Å². The Morgan fingerprint density at radius 3 is 2.86 bits per heavy atom. The summed E-state index contributed by atoms with van der Waals surface area (Å²) >= 11 is 0. The standard InChI is InChI=1S/C23H22FN7O3S/c24-19-9-1-2-10-20(19)30-23(32)26-11-4-6-16-15-27-22-29-17-7-3-8-18(14-17)35(33,34)28-13-5-12-25-21(16)31-22/h1-3,7-10,14-15,28H,5,11-13H2,(H2,26,30,32)(H2,25,27,29,31). The largest absolute Gasteiger partial charge is 0.369 e. The molecule has 5 N–H and O–H groups in total. The van der Waals surface area contributed by atoms with Crippen LogP contribution in [-0.2, 0) is 10.0 Å². The Bertz CT molecular complexity index is 1400. The van der Waals surface area contributed by atoms with Crippen molar-refractivity contribution >= 4 is 39.2 Å². The normalized spacial score (nSPS) is 14.3. The van der Waals surface area contributed by atoms with Gasteiger partial charge in [0.1, 0.15) is 11.6 Å². The Morgan fingerprint density at radius 1 is 1.14 bits per heavy atom. The van der Waals surface area contributed by atoms with E-state index in [0.29, 0.717) is 30.0 Å². The third-order valence-electron chi connectivity index (χ3n) is 4.81. The molecule has 2 amide bonds. The van der Waals surface area contributed by atoms with Gasteiger partial charge in [0.15, 0.2) is 0 Å². The highest BCUT2D eigenvalue weighted by atomic mass is 32.2. The monoisotopic (exact) mass is 495 g/mol. The molecule has 2 heterocycles. The van der Waals surface area contributed by atoms with Crippen LogP contribution in [0.5, 0.6) is 0 Å². The van der Waals surface area contributed by atoms with Crippen molar-refractivity contribution in [3.05, 3.63) is 66.1 Å². The molecule has 0 fully saturated rings. The number of benzene rings is 2. The van der Waals surface area contributed by atoms with E-state index in [0.717, 1.165) is 0 Å². The second-order valence-electron chi connectivity index (χ2n) is 7.38. The van der Waals surface area contributed by atoms with E-state index in [9.17, 15) is 17.6 Å². The Morgan fingerprint density at radius 2 is 2.00 bits per heavy atom. The number of fused-ring (bicyclic) bond motifs is 4. The molecule has 0 saturated carbocycles. The Labute approximate surface area is 201 Å². The lowest BCUT2D eigenvalue weighted by molar-refractivity contribution is 0.253. The van der Waals surface area contributed by atoms with Crippen molar-refractivity contribution in [3.63, 3.8) is 0 Å². The molecule has 180 valence electrons. The van der Waals surface area contributed by atoms with E-state index < -0.39 is 21.9 Å². The van der Waals surface area contributed by atoms with Gasteiger partial charge in [-0.2, -0.15) is 4.98 Å². The predicted octanol–water partition coefficient (Wildman–Crippen LogP) is 2.63. The lowest BCUT2D eigenvalue weighted by Crippen LogP contribution is -2.29. The van der Waals surface area contributed by atoms with Crippen LogP contribution >= 0.6 is 0 Å². The van der Waals surface area contributed by atoms with E-state index in [1.165, 1.54) is 36.5 Å². The average molecular weight is 496 g/mol. The number of para-hydroxylation sites is 1. The maximum Gasteiger partial charge on any atom is 0.320 e. The smallest absolute Gasteiger partial charge is 0.320 e. The van der Waals surface area contributed by atoms with Gasteiger partial charge in [-0.05, 0) is 36.8 Å². The van der Waals surface area contributed by atoms with Crippen LogP contribution in [-0.4, -0.2) is 44.1 Å². The highest BCUT2D eigenvalue weighted by Gasteiger charge is 2.15. The van der Waals surface area contributed by atoms with Crippen molar-refractivity contribution in [2.24, 2.45) is 0 Å². The number of carbonyl (C=O) groups excluding carboxylic acids is 1. The molecule has 1 aliphatic heterocycles. The number of halogens is 1. The van der Waals surface area contributed by atoms with Gasteiger partial charge in [-0.25, -0.2) is 27.3 Å². The SMILES string of the molecule is O=C(NCC#Cc1cnc2nc1NCCCNS(=O)(=O)c1cccc(c1)N2)Nc1ccccc1F. The zero-order valence-corrected chi connectivity index (χ0v) is 19.2. The van der Waals surface area contributed by atoms with Crippen molar-refractivity contribution in [3.8, 4) is 11.8 Å². The zero-order chi connectivity index (χ0) is 24.7. The summed E-state index contributed by atoms with van der Waals surface area (Å²) in [5.41, 5.74) is 1.08. The summed E-state index contributed by atoms with van der Waals surface area (Å²) in [5, 5.41) is 11.1. The molecule has 0 aliphatic carbocycles. The minimum atomic E-state index is -3.63. The van der Waals surface area contributed by atoms with Crippen LogP contribution in [0, 0.1) is 17.7 Å². The quantitative estimate of drug-likeness (QED) is 0.345. The summed E-state index contributed by atoms with van der Waals surface area (Å²) in [6.45, 7) is 0.690. The first kappa shape index (κ1) is 23.9. The third kappa shape index (κ3) is 6.44. The molecule has 10 nitrogen and oxygen atoms in total. The van der Waals surface area contributed by atoms with Crippen molar-refractivity contribution < 1.29 is 17.6 Å². The fraction of sp³-hybridized carbons (Fsp3) is 0.174. The molecule has 3 aromatic rings. The third-order valence-corrected chi connectivity index (χ3v) is 6.27. The second-order valence-corrected chi connectivity index (χ2v) is 9.14. The second kappa shape index (κ2) is 10.8. The summed E-state index contributed by atoms with van der Waals surface area (Å²) in [7, 11) is -3.63. The summed E-state index contributed by atoms with van der Waals surface area (Å²) in [6, 6.07) is 11.6. The van der Waals surface area contributed by atoms with Crippen LogP contribution in [0.1, 0.15) is 12.0 Å². The molecule has 0 spiro atoms. The summed E-state index contributed by atoms with van der Waals surface area (Å²) in [6.07, 6.45) is 2.04. The van der Waals surface area contributed by atoms with Gasteiger partial charge in [0.2, 0.25) is 16.0 Å². The molecule has 0 atom stereocenters. The number of nitrogens with zero attached hydrogens (tertiary/aromatic N) is 2. The fourth-order valence-electron chi connectivity index (χ4n) is 3.12. The van der Waals surface area contributed by atoms with Gasteiger partial charge in [-0.3, -0.25) is 0 Å². The fourth-order valence-corrected chi connectivity index (χ4v) is 4.24. The van der Waals surface area contributed by atoms with Gasteiger partial charge in [0.25, 0.3) is 0 Å². The van der Waals surface area contributed by atoms with E-state index >= 15 is 0 Å². The van der Waals surface area contributed by atoms with Crippen LogP contribution in [0.15, 0.2) is 59.6 Å². The molecule has 2 aromatic carbocycles. The minimum absolute atomic E-state index is 0.00823. The van der Waals surface area contributed by atoms with Crippen molar-refractivity contribution in [1.29, 1.82) is 0 Å². The maximum atomic E-state index is 13.6. The van der Waals surface area contributed by atoms with Crippen molar-refractivity contribution in [2.75, 3.05) is 35.6 Å². The van der Waals surface area contributed by atoms with Crippen molar-refractivity contribution in [2.45, 2.75) is 11.3 Å². The van der Waals surface area contributed by atoms with E-state index in [-0.39, 0.29) is 29.6 Å². The van der Waals surface area contributed by atoms with E-state index in [4.69, 9.17) is 0 Å². The molecular weight excluding hydrogens is 473 g/mol. The molecule has 1 aliphatic rings. The lowest BCUT2D eigenvalue weighted by atomic mass is 10.3. The topological polar surface area (TPSA) is 137 Å². The Balaban J connectivity index is 1.46. The van der Waals surface area contributed by atoms with E-state index in [2.05, 4.69) is 47.8 Å². The van der Waals surface area contributed by atoms with E-state index in [1.54, 1.807) is 18.2 Å². The molecule has 0 radical (unpaired) electrons. The van der Waals surface area contributed by atoms with Crippen LogP contribution in [0.4, 0.5) is 32.3 Å². The van der Waals surface area contributed by atoms with Gasteiger partial charge in [-0.15, -0.1) is 0 Å². The number of hydrogen-bond acceptors (Lipinski definition) is 7. The number of amides is 2. The average Bonchev–Trinajstić information content (AvgIpc) is 2.84. The number of carbonyl (C=O) groups is 1. The minimum Gasteiger partial charge on any atom is -0.369 e. The summed E-state index contributed by atoms with van der Waals surface area (Å²) in [4.78, 5) is 20.8.